The molecule has 29 heavy (non-hydrogen) atoms. The van der Waals surface area contributed by atoms with E-state index in [9.17, 15) is 34.8 Å². The summed E-state index contributed by atoms with van der Waals surface area (Å²) in [5.41, 5.74) is 7.87. The lowest BCUT2D eigenvalue weighted by atomic mass is 9.55. The molecule has 0 aliphatic heterocycles. The van der Waals surface area contributed by atoms with E-state index < -0.39 is 64.0 Å². The number of primary amides is 1. The highest BCUT2D eigenvalue weighted by Crippen LogP contribution is 2.53. The maximum Gasteiger partial charge on any atom is 0.255 e. The van der Waals surface area contributed by atoms with Crippen molar-refractivity contribution in [2.24, 2.45) is 23.5 Å². The van der Waals surface area contributed by atoms with Gasteiger partial charge in [0.25, 0.3) is 5.91 Å². The van der Waals surface area contributed by atoms with Crippen LogP contribution >= 0.6 is 11.6 Å². The molecule has 3 aliphatic rings. The Balaban J connectivity index is 1.86. The molecule has 3 aliphatic carbocycles. The summed E-state index contributed by atoms with van der Waals surface area (Å²) >= 11 is 6.01. The van der Waals surface area contributed by atoms with Crippen molar-refractivity contribution in [1.82, 2.24) is 0 Å². The van der Waals surface area contributed by atoms with Crippen molar-refractivity contribution in [3.05, 3.63) is 33.5 Å². The van der Waals surface area contributed by atoms with Crippen molar-refractivity contribution in [3.63, 3.8) is 0 Å². The molecule has 1 saturated carbocycles. The normalized spacial score (nSPS) is 33.8. The lowest BCUT2D eigenvalue weighted by molar-refractivity contribution is -0.170. The number of rotatable bonds is 1. The highest BCUT2D eigenvalue weighted by Gasteiger charge is 2.62. The fourth-order valence-electron chi connectivity index (χ4n) is 5.10. The smallest absolute Gasteiger partial charge is 0.255 e. The van der Waals surface area contributed by atoms with Gasteiger partial charge in [0, 0.05) is 12.3 Å². The van der Waals surface area contributed by atoms with Crippen LogP contribution in [0.15, 0.2) is 17.4 Å². The number of carbonyl (C=O) groups excluding carboxylic acids is 3. The monoisotopic (exact) mass is 422 g/mol. The zero-order valence-corrected chi connectivity index (χ0v) is 15.8. The minimum Gasteiger partial charge on any atom is -0.508 e. The molecule has 5 atom stereocenters. The standard InChI is InChI=1S/C19H19ClN2O7/c20-8-3-6-1-5-2-7-4-9(23)12(18(22)28)17(27)19(7,29)16(26)11(5)14(24)10(6)15(25)13(8)21/h3,5,7,11,16,25-27,29H,1-2,4,21H2,(H2,22,28). The predicted octanol–water partition coefficient (Wildman–Crippen LogP) is -0.0189. The number of nitrogen functional groups attached to an aromatic ring is 1. The average molecular weight is 423 g/mol. The Morgan fingerprint density at radius 2 is 1.90 bits per heavy atom. The molecule has 1 fully saturated rings. The summed E-state index contributed by atoms with van der Waals surface area (Å²) in [5, 5.41) is 43.0. The first kappa shape index (κ1) is 19.7. The molecule has 4 rings (SSSR count). The van der Waals surface area contributed by atoms with Gasteiger partial charge in [0.2, 0.25) is 0 Å². The van der Waals surface area contributed by atoms with Crippen molar-refractivity contribution in [2.75, 3.05) is 5.73 Å². The molecule has 1 amide bonds. The topological polar surface area (TPSA) is 184 Å². The maximum atomic E-state index is 13.2. The summed E-state index contributed by atoms with van der Waals surface area (Å²) in [6, 6.07) is 1.47. The van der Waals surface area contributed by atoms with Crippen LogP contribution in [-0.2, 0) is 16.0 Å². The zero-order valence-electron chi connectivity index (χ0n) is 15.1. The Morgan fingerprint density at radius 1 is 1.24 bits per heavy atom. The van der Waals surface area contributed by atoms with Gasteiger partial charge in [0.15, 0.2) is 22.9 Å². The van der Waals surface area contributed by atoms with E-state index in [4.69, 9.17) is 23.1 Å². The molecule has 5 unspecified atom stereocenters. The third-order valence-electron chi connectivity index (χ3n) is 6.48. The number of phenols is 1. The number of fused-ring (bicyclic) bond motifs is 3. The quantitative estimate of drug-likeness (QED) is 0.207. The number of amides is 1. The van der Waals surface area contributed by atoms with Gasteiger partial charge in [-0.1, -0.05) is 11.6 Å². The Kier molecular flexibility index (Phi) is 4.20. The summed E-state index contributed by atoms with van der Waals surface area (Å²) in [6.07, 6.45) is -1.78. The number of hydrogen-bond acceptors (Lipinski definition) is 8. The number of halogens is 1. The summed E-state index contributed by atoms with van der Waals surface area (Å²) in [6.45, 7) is 0. The summed E-state index contributed by atoms with van der Waals surface area (Å²) in [5.74, 6) is -6.74. The number of aromatic hydroxyl groups is 1. The van der Waals surface area contributed by atoms with Crippen LogP contribution in [-0.4, -0.2) is 49.6 Å². The van der Waals surface area contributed by atoms with Gasteiger partial charge in [-0.2, -0.15) is 0 Å². The number of aliphatic hydroxyl groups excluding tert-OH is 2. The molecule has 0 aromatic heterocycles. The third kappa shape index (κ3) is 2.44. The number of carbonyl (C=O) groups is 3. The molecule has 0 heterocycles. The SMILES string of the molecule is NC(=O)C1=C(O)C2(O)C(CC1=O)CC1Cc3cc(Cl)c(N)c(O)c3C(=O)C1C2O. The molecule has 154 valence electrons. The van der Waals surface area contributed by atoms with Crippen molar-refractivity contribution in [3.8, 4) is 5.75 Å². The Morgan fingerprint density at radius 3 is 2.52 bits per heavy atom. The number of phenolic OH excluding ortho intramolecular Hbond substituents is 1. The van der Waals surface area contributed by atoms with Gasteiger partial charge in [-0.25, -0.2) is 0 Å². The summed E-state index contributed by atoms with van der Waals surface area (Å²) in [4.78, 5) is 37.0. The number of Topliss-reactive ketones (excluding diaryl/α,β-unsaturated/α-hetero) is 2. The molecule has 8 N–H and O–H groups in total. The lowest BCUT2D eigenvalue weighted by Crippen LogP contribution is -2.64. The molecule has 0 saturated heterocycles. The number of hydrogen-bond donors (Lipinski definition) is 6. The molecule has 0 radical (unpaired) electrons. The van der Waals surface area contributed by atoms with E-state index in [1.165, 1.54) is 6.07 Å². The molecular weight excluding hydrogens is 404 g/mol. The number of ketones is 2. The van der Waals surface area contributed by atoms with Gasteiger partial charge in [0.05, 0.1) is 22.2 Å². The van der Waals surface area contributed by atoms with Crippen LogP contribution in [0.1, 0.15) is 28.8 Å². The minimum absolute atomic E-state index is 0.0832. The second-order valence-electron chi connectivity index (χ2n) is 7.93. The Labute approximate surface area is 169 Å². The second kappa shape index (κ2) is 6.19. The number of aliphatic hydroxyl groups is 3. The van der Waals surface area contributed by atoms with Crippen molar-refractivity contribution < 1.29 is 34.8 Å². The van der Waals surface area contributed by atoms with Crippen LogP contribution in [0.4, 0.5) is 5.69 Å². The van der Waals surface area contributed by atoms with Crippen molar-refractivity contribution >= 4 is 34.8 Å². The Hall–Kier alpha value is -2.62. The van der Waals surface area contributed by atoms with E-state index in [-0.39, 0.29) is 35.5 Å². The number of nitrogens with two attached hydrogens (primary N) is 2. The van der Waals surface area contributed by atoms with E-state index >= 15 is 0 Å². The first-order chi connectivity index (χ1) is 13.5. The van der Waals surface area contributed by atoms with Crippen LogP contribution in [0.5, 0.6) is 5.75 Å². The van der Waals surface area contributed by atoms with Crippen LogP contribution in [0.2, 0.25) is 5.02 Å². The highest BCUT2D eigenvalue weighted by atomic mass is 35.5. The highest BCUT2D eigenvalue weighted by molar-refractivity contribution is 6.34. The average Bonchev–Trinajstić information content (AvgIpc) is 2.62. The molecule has 1 aromatic carbocycles. The minimum atomic E-state index is -2.39. The first-order valence-corrected chi connectivity index (χ1v) is 9.39. The van der Waals surface area contributed by atoms with E-state index in [0.717, 1.165) is 0 Å². The van der Waals surface area contributed by atoms with Gasteiger partial charge in [-0.3, -0.25) is 14.4 Å². The van der Waals surface area contributed by atoms with Gasteiger partial charge < -0.3 is 31.9 Å². The van der Waals surface area contributed by atoms with Gasteiger partial charge in [-0.05, 0) is 30.4 Å². The predicted molar refractivity (Wildman–Crippen MR) is 100 cm³/mol. The Bertz CT molecular complexity index is 1020. The van der Waals surface area contributed by atoms with Crippen LogP contribution in [0.25, 0.3) is 0 Å². The fraction of sp³-hybridized carbons (Fsp3) is 0.421. The van der Waals surface area contributed by atoms with Crippen molar-refractivity contribution in [1.29, 1.82) is 0 Å². The van der Waals surface area contributed by atoms with E-state index in [1.807, 2.05) is 0 Å². The second-order valence-corrected chi connectivity index (χ2v) is 8.33. The first-order valence-electron chi connectivity index (χ1n) is 9.01. The van der Waals surface area contributed by atoms with Gasteiger partial charge in [0.1, 0.15) is 17.4 Å². The fourth-order valence-corrected chi connectivity index (χ4v) is 5.33. The van der Waals surface area contributed by atoms with E-state index in [2.05, 4.69) is 0 Å². The largest absolute Gasteiger partial charge is 0.508 e. The zero-order chi connectivity index (χ0) is 21.4. The molecule has 0 bridgehead atoms. The van der Waals surface area contributed by atoms with Crippen LogP contribution < -0.4 is 11.5 Å². The molecular formula is C19H19ClN2O7. The molecule has 10 heteroatoms. The lowest BCUT2D eigenvalue weighted by Gasteiger charge is -2.52. The van der Waals surface area contributed by atoms with Crippen LogP contribution in [0, 0.1) is 17.8 Å². The molecule has 0 spiro atoms. The van der Waals surface area contributed by atoms with E-state index in [1.54, 1.807) is 0 Å². The summed E-state index contributed by atoms with van der Waals surface area (Å²) in [7, 11) is 0. The van der Waals surface area contributed by atoms with Gasteiger partial charge >= 0.3 is 0 Å². The molecule has 1 aromatic rings. The molecule has 9 nitrogen and oxygen atoms in total. The van der Waals surface area contributed by atoms with Crippen LogP contribution in [0.3, 0.4) is 0 Å². The van der Waals surface area contributed by atoms with Crippen molar-refractivity contribution in [2.45, 2.75) is 31.0 Å². The number of anilines is 1. The summed E-state index contributed by atoms with van der Waals surface area (Å²) < 4.78 is 0. The van der Waals surface area contributed by atoms with E-state index in [0.29, 0.717) is 5.56 Å². The third-order valence-corrected chi connectivity index (χ3v) is 6.80. The van der Waals surface area contributed by atoms with Gasteiger partial charge in [-0.15, -0.1) is 0 Å². The number of benzene rings is 1. The maximum absolute atomic E-state index is 13.2.